The Bertz CT molecular complexity index is 871. The Labute approximate surface area is 160 Å². The molecule has 1 N–H and O–H groups in total. The molecule has 2 aromatic carbocycles. The number of carbonyl (C=O) groups excluding carboxylic acids is 1. The van der Waals surface area contributed by atoms with Crippen LogP contribution in [0.15, 0.2) is 58.4 Å². The van der Waals surface area contributed by atoms with Crippen LogP contribution in [-0.2, 0) is 6.42 Å². The van der Waals surface area contributed by atoms with Crippen LogP contribution in [0.3, 0.4) is 0 Å². The third-order valence-corrected chi connectivity index (χ3v) is 5.19. The predicted molar refractivity (Wildman–Crippen MR) is 108 cm³/mol. The van der Waals surface area contributed by atoms with Gasteiger partial charge in [0.15, 0.2) is 5.13 Å². The van der Waals surface area contributed by atoms with Crippen molar-refractivity contribution in [3.63, 3.8) is 0 Å². The second-order valence-corrected chi connectivity index (χ2v) is 7.98. The second-order valence-electron chi connectivity index (χ2n) is 6.27. The van der Waals surface area contributed by atoms with Crippen molar-refractivity contribution < 1.29 is 4.79 Å². The van der Waals surface area contributed by atoms with Gasteiger partial charge < -0.3 is 0 Å². The highest BCUT2D eigenvalue weighted by Gasteiger charge is 2.12. The van der Waals surface area contributed by atoms with Crippen LogP contribution in [0.1, 0.15) is 29.8 Å². The number of nitrogens with zero attached hydrogens (tertiary/aromatic N) is 1. The molecule has 0 aliphatic rings. The van der Waals surface area contributed by atoms with Gasteiger partial charge in [0.25, 0.3) is 5.91 Å². The van der Waals surface area contributed by atoms with Gasteiger partial charge in [-0.15, -0.1) is 11.3 Å². The molecule has 0 radical (unpaired) electrons. The summed E-state index contributed by atoms with van der Waals surface area (Å²) in [7, 11) is 0. The minimum atomic E-state index is -0.166. The molecule has 3 aromatic rings. The first-order valence-corrected chi connectivity index (χ1v) is 9.81. The summed E-state index contributed by atoms with van der Waals surface area (Å²) in [5, 5.41) is 5.43. The Kier molecular flexibility index (Phi) is 5.66. The monoisotopic (exact) mass is 414 g/mol. The van der Waals surface area contributed by atoms with Crippen molar-refractivity contribution in [1.29, 1.82) is 0 Å². The van der Waals surface area contributed by atoms with Gasteiger partial charge in [-0.25, -0.2) is 4.98 Å². The van der Waals surface area contributed by atoms with Crippen LogP contribution in [0.25, 0.3) is 11.3 Å². The van der Waals surface area contributed by atoms with Gasteiger partial charge >= 0.3 is 0 Å². The number of carbonyl (C=O) groups is 1. The number of hydrogen-bond donors (Lipinski definition) is 1. The van der Waals surface area contributed by atoms with Crippen LogP contribution in [0.4, 0.5) is 5.13 Å². The summed E-state index contributed by atoms with van der Waals surface area (Å²) in [5.74, 6) is 0.477. The third-order valence-electron chi connectivity index (χ3n) is 3.74. The van der Waals surface area contributed by atoms with Crippen molar-refractivity contribution in [2.45, 2.75) is 20.3 Å². The van der Waals surface area contributed by atoms with Crippen molar-refractivity contribution in [2.75, 3.05) is 5.32 Å². The summed E-state index contributed by atoms with van der Waals surface area (Å²) in [5.41, 5.74) is 3.86. The van der Waals surface area contributed by atoms with E-state index in [2.05, 4.69) is 64.3 Å². The van der Waals surface area contributed by atoms with E-state index in [1.54, 1.807) is 6.07 Å². The van der Waals surface area contributed by atoms with E-state index in [0.717, 1.165) is 22.2 Å². The summed E-state index contributed by atoms with van der Waals surface area (Å²) >= 11 is 4.83. The molecule has 3 rings (SSSR count). The topological polar surface area (TPSA) is 42.0 Å². The molecule has 0 bridgehead atoms. The molecule has 0 unspecified atom stereocenters. The number of hydrogen-bond acceptors (Lipinski definition) is 3. The fraction of sp³-hybridized carbons (Fsp3) is 0.200. The molecule has 1 heterocycles. The molecule has 3 nitrogen and oxygen atoms in total. The SMILES string of the molecule is CC(C)Cc1ccc(-c2csc(NC(=O)c3ccccc3Br)n2)cc1. The maximum Gasteiger partial charge on any atom is 0.258 e. The van der Waals surface area contributed by atoms with Gasteiger partial charge in [-0.3, -0.25) is 10.1 Å². The van der Waals surface area contributed by atoms with Gasteiger partial charge in [-0.1, -0.05) is 50.2 Å². The smallest absolute Gasteiger partial charge is 0.258 e. The predicted octanol–water partition coefficient (Wildman–Crippen LogP) is 6.02. The summed E-state index contributed by atoms with van der Waals surface area (Å²) in [4.78, 5) is 16.9. The number of nitrogens with one attached hydrogen (secondary N) is 1. The lowest BCUT2D eigenvalue weighted by atomic mass is 10.0. The molecular weight excluding hydrogens is 396 g/mol. The number of aromatic nitrogens is 1. The fourth-order valence-electron chi connectivity index (χ4n) is 2.56. The standard InChI is InChI=1S/C20H19BrN2OS/c1-13(2)11-14-7-9-15(10-8-14)18-12-25-20(22-18)23-19(24)16-5-3-4-6-17(16)21/h3-10,12-13H,11H2,1-2H3,(H,22,23,24). The van der Waals surface area contributed by atoms with Crippen LogP contribution in [0.5, 0.6) is 0 Å². The quantitative estimate of drug-likeness (QED) is 0.553. The number of halogens is 1. The molecule has 128 valence electrons. The van der Waals surface area contributed by atoms with Crippen LogP contribution < -0.4 is 5.32 Å². The number of amides is 1. The first-order valence-electron chi connectivity index (χ1n) is 8.13. The van der Waals surface area contributed by atoms with Crippen molar-refractivity contribution in [3.8, 4) is 11.3 Å². The Morgan fingerprint density at radius 2 is 1.88 bits per heavy atom. The van der Waals surface area contributed by atoms with E-state index in [1.165, 1.54) is 16.9 Å². The maximum absolute atomic E-state index is 12.4. The molecule has 0 fully saturated rings. The molecular formula is C20H19BrN2OS. The Morgan fingerprint density at radius 3 is 2.56 bits per heavy atom. The van der Waals surface area contributed by atoms with E-state index in [4.69, 9.17) is 0 Å². The van der Waals surface area contributed by atoms with Gasteiger partial charge in [0.1, 0.15) is 0 Å². The average molecular weight is 415 g/mol. The fourth-order valence-corrected chi connectivity index (χ4v) is 3.74. The highest BCUT2D eigenvalue weighted by atomic mass is 79.9. The van der Waals surface area contributed by atoms with Gasteiger partial charge in [0.05, 0.1) is 11.3 Å². The molecule has 5 heteroatoms. The van der Waals surface area contributed by atoms with Gasteiger partial charge in [-0.2, -0.15) is 0 Å². The second kappa shape index (κ2) is 7.93. The minimum absolute atomic E-state index is 0.166. The molecule has 0 aliphatic heterocycles. The van der Waals surface area contributed by atoms with Gasteiger partial charge in [0.2, 0.25) is 0 Å². The van der Waals surface area contributed by atoms with Gasteiger partial charge in [-0.05, 0) is 46.0 Å². The summed E-state index contributed by atoms with van der Waals surface area (Å²) < 4.78 is 0.769. The molecule has 25 heavy (non-hydrogen) atoms. The van der Waals surface area contributed by atoms with E-state index in [9.17, 15) is 4.79 Å². The molecule has 0 aliphatic carbocycles. The minimum Gasteiger partial charge on any atom is -0.298 e. The van der Waals surface area contributed by atoms with E-state index in [0.29, 0.717) is 16.6 Å². The first-order chi connectivity index (χ1) is 12.0. The van der Waals surface area contributed by atoms with E-state index in [-0.39, 0.29) is 5.91 Å². The van der Waals surface area contributed by atoms with E-state index < -0.39 is 0 Å². The Balaban J connectivity index is 1.72. The average Bonchev–Trinajstić information content (AvgIpc) is 3.04. The molecule has 1 aromatic heterocycles. The summed E-state index contributed by atoms with van der Waals surface area (Å²) in [6, 6.07) is 15.8. The molecule has 0 saturated carbocycles. The zero-order valence-corrected chi connectivity index (χ0v) is 16.5. The normalized spacial score (nSPS) is 10.9. The van der Waals surface area contributed by atoms with Gasteiger partial charge in [0, 0.05) is 15.4 Å². The van der Waals surface area contributed by atoms with Crippen molar-refractivity contribution in [2.24, 2.45) is 5.92 Å². The zero-order valence-electron chi connectivity index (χ0n) is 14.1. The number of rotatable bonds is 5. The molecule has 1 amide bonds. The largest absolute Gasteiger partial charge is 0.298 e. The lowest BCUT2D eigenvalue weighted by Crippen LogP contribution is -2.12. The lowest BCUT2D eigenvalue weighted by Gasteiger charge is -2.05. The van der Waals surface area contributed by atoms with Crippen molar-refractivity contribution >= 4 is 38.3 Å². The van der Waals surface area contributed by atoms with Crippen LogP contribution in [0.2, 0.25) is 0 Å². The molecule has 0 saturated heterocycles. The highest BCUT2D eigenvalue weighted by Crippen LogP contribution is 2.26. The zero-order chi connectivity index (χ0) is 17.8. The molecule has 0 spiro atoms. The van der Waals surface area contributed by atoms with Crippen LogP contribution in [0, 0.1) is 5.92 Å². The number of benzene rings is 2. The summed E-state index contributed by atoms with van der Waals surface area (Å²) in [6.45, 7) is 4.43. The number of thiazole rings is 1. The van der Waals surface area contributed by atoms with E-state index >= 15 is 0 Å². The van der Waals surface area contributed by atoms with Crippen molar-refractivity contribution in [3.05, 3.63) is 69.5 Å². The third kappa shape index (κ3) is 4.55. The van der Waals surface area contributed by atoms with E-state index in [1.807, 2.05) is 23.6 Å². The van der Waals surface area contributed by atoms with Crippen LogP contribution >= 0.6 is 27.3 Å². The Hall–Kier alpha value is -1.98. The first kappa shape index (κ1) is 17.8. The molecule has 0 atom stereocenters. The lowest BCUT2D eigenvalue weighted by molar-refractivity contribution is 0.102. The maximum atomic E-state index is 12.4. The number of anilines is 1. The summed E-state index contributed by atoms with van der Waals surface area (Å²) in [6.07, 6.45) is 1.07. The van der Waals surface area contributed by atoms with Crippen molar-refractivity contribution in [1.82, 2.24) is 4.98 Å². The highest BCUT2D eigenvalue weighted by molar-refractivity contribution is 9.10. The van der Waals surface area contributed by atoms with Crippen LogP contribution in [-0.4, -0.2) is 10.9 Å². The Morgan fingerprint density at radius 1 is 1.16 bits per heavy atom.